The van der Waals surface area contributed by atoms with Crippen molar-refractivity contribution in [3.8, 4) is 0 Å². The van der Waals surface area contributed by atoms with Crippen LogP contribution in [0.2, 0.25) is 0 Å². The monoisotopic (exact) mass is 233 g/mol. The van der Waals surface area contributed by atoms with E-state index in [2.05, 4.69) is 11.4 Å². The molecule has 1 aliphatic rings. The fraction of sp³-hybridized carbons (Fsp3) is 0.500. The topological polar surface area (TPSA) is 38.3 Å². The predicted molar refractivity (Wildman–Crippen MR) is 66.7 cm³/mol. The molecule has 0 bridgehead atoms. The summed E-state index contributed by atoms with van der Waals surface area (Å²) >= 11 is 0. The molecule has 0 spiro atoms. The maximum absolute atomic E-state index is 12.1. The molecule has 92 valence electrons. The summed E-state index contributed by atoms with van der Waals surface area (Å²) in [6.45, 7) is 4.09. The Kier molecular flexibility index (Phi) is 3.20. The molecule has 3 nitrogen and oxygen atoms in total. The van der Waals surface area contributed by atoms with E-state index in [1.54, 1.807) is 0 Å². The first-order valence-electron chi connectivity index (χ1n) is 6.04. The number of aryl methyl sites for hydroxylation is 1. The van der Waals surface area contributed by atoms with E-state index in [-0.39, 0.29) is 12.0 Å². The molecule has 0 amide bonds. The van der Waals surface area contributed by atoms with E-state index in [1.165, 1.54) is 12.7 Å². The van der Waals surface area contributed by atoms with Crippen LogP contribution < -0.4 is 5.32 Å². The smallest absolute Gasteiger partial charge is 0.330 e. The van der Waals surface area contributed by atoms with E-state index in [0.29, 0.717) is 0 Å². The molecule has 0 saturated carbocycles. The zero-order valence-electron chi connectivity index (χ0n) is 10.6. The van der Waals surface area contributed by atoms with Crippen molar-refractivity contribution in [1.82, 2.24) is 5.32 Å². The minimum Gasteiger partial charge on any atom is -0.467 e. The number of nitrogens with one attached hydrogen (secondary N) is 1. The lowest BCUT2D eigenvalue weighted by Gasteiger charge is -2.30. The Morgan fingerprint density at radius 2 is 2.12 bits per heavy atom. The summed E-state index contributed by atoms with van der Waals surface area (Å²) in [7, 11) is 1.45. The zero-order chi connectivity index (χ0) is 12.5. The van der Waals surface area contributed by atoms with Gasteiger partial charge in [0.05, 0.1) is 7.11 Å². The number of esters is 1. The summed E-state index contributed by atoms with van der Waals surface area (Å²) < 4.78 is 4.99. The highest BCUT2D eigenvalue weighted by Gasteiger charge is 2.46. The number of carbonyl (C=O) groups excluding carboxylic acids is 1. The number of carbonyl (C=O) groups is 1. The average molecular weight is 233 g/mol. The van der Waals surface area contributed by atoms with Gasteiger partial charge in [-0.15, -0.1) is 0 Å². The van der Waals surface area contributed by atoms with Crippen LogP contribution in [-0.2, 0) is 21.5 Å². The van der Waals surface area contributed by atoms with Gasteiger partial charge in [-0.2, -0.15) is 0 Å². The second-order valence-electron chi connectivity index (χ2n) is 4.85. The number of hydrogen-bond donors (Lipinski definition) is 1. The third kappa shape index (κ3) is 1.95. The maximum Gasteiger partial charge on any atom is 0.330 e. The molecule has 2 rings (SSSR count). The van der Waals surface area contributed by atoms with Crippen LogP contribution in [0.25, 0.3) is 0 Å². The number of benzene rings is 1. The third-order valence-electron chi connectivity index (χ3n) is 3.32. The van der Waals surface area contributed by atoms with Gasteiger partial charge < -0.3 is 4.74 Å². The number of hydrogen-bond acceptors (Lipinski definition) is 3. The first-order chi connectivity index (χ1) is 8.10. The molecule has 0 radical (unpaired) electrons. The molecule has 1 atom stereocenters. The fourth-order valence-corrected chi connectivity index (χ4v) is 2.70. The Hall–Kier alpha value is -1.35. The molecule has 0 heterocycles. The highest BCUT2D eigenvalue weighted by molar-refractivity contribution is 5.84. The summed E-state index contributed by atoms with van der Waals surface area (Å²) in [5.74, 6) is -0.184. The summed E-state index contributed by atoms with van der Waals surface area (Å²) in [5.41, 5.74) is 1.66. The fourth-order valence-electron chi connectivity index (χ4n) is 2.70. The third-order valence-corrected chi connectivity index (χ3v) is 3.32. The van der Waals surface area contributed by atoms with Crippen molar-refractivity contribution in [3.05, 3.63) is 35.4 Å². The van der Waals surface area contributed by atoms with E-state index in [0.717, 1.165) is 18.4 Å². The Balaban J connectivity index is 2.46. The van der Waals surface area contributed by atoms with Gasteiger partial charge in [0.25, 0.3) is 0 Å². The lowest BCUT2D eigenvalue weighted by atomic mass is 9.91. The molecule has 17 heavy (non-hydrogen) atoms. The molecular weight excluding hydrogens is 214 g/mol. The van der Waals surface area contributed by atoms with Crippen LogP contribution in [0.3, 0.4) is 0 Å². The molecule has 1 aromatic rings. The van der Waals surface area contributed by atoms with Crippen LogP contribution in [0.15, 0.2) is 24.3 Å². The number of fused-ring (bicyclic) bond motifs is 1. The largest absolute Gasteiger partial charge is 0.467 e. The minimum absolute atomic E-state index is 0.184. The number of methoxy groups -OCH3 is 1. The van der Waals surface area contributed by atoms with Crippen molar-refractivity contribution in [2.45, 2.75) is 38.3 Å². The summed E-state index contributed by atoms with van der Waals surface area (Å²) in [6, 6.07) is 8.34. The lowest BCUT2D eigenvalue weighted by molar-refractivity contribution is -0.149. The Morgan fingerprint density at radius 3 is 2.76 bits per heavy atom. The van der Waals surface area contributed by atoms with Crippen LogP contribution in [0, 0.1) is 0 Å². The normalized spacial score (nSPS) is 22.6. The molecule has 0 aromatic heterocycles. The van der Waals surface area contributed by atoms with Gasteiger partial charge in [0.1, 0.15) is 5.54 Å². The van der Waals surface area contributed by atoms with Gasteiger partial charge in [0.15, 0.2) is 0 Å². The Morgan fingerprint density at radius 1 is 1.41 bits per heavy atom. The van der Waals surface area contributed by atoms with Crippen molar-refractivity contribution < 1.29 is 9.53 Å². The summed E-state index contributed by atoms with van der Waals surface area (Å²) in [4.78, 5) is 12.1. The van der Waals surface area contributed by atoms with Crippen molar-refractivity contribution in [1.29, 1.82) is 0 Å². The van der Waals surface area contributed by atoms with Gasteiger partial charge in [-0.05, 0) is 37.8 Å². The zero-order valence-corrected chi connectivity index (χ0v) is 10.6. The van der Waals surface area contributed by atoms with Crippen LogP contribution in [0.1, 0.15) is 31.4 Å². The van der Waals surface area contributed by atoms with E-state index in [4.69, 9.17) is 4.74 Å². The van der Waals surface area contributed by atoms with Gasteiger partial charge in [0.2, 0.25) is 0 Å². The highest BCUT2D eigenvalue weighted by Crippen LogP contribution is 2.38. The van der Waals surface area contributed by atoms with E-state index in [9.17, 15) is 4.79 Å². The standard InChI is InChI=1S/C14H19NO2/c1-10(2)15-14(13(16)17-3)9-8-11-6-4-5-7-12(11)14/h4-7,10,15H,8-9H2,1-3H3. The molecule has 3 heteroatoms. The van der Waals surface area contributed by atoms with Crippen LogP contribution in [-0.4, -0.2) is 19.1 Å². The van der Waals surface area contributed by atoms with Gasteiger partial charge in [0, 0.05) is 6.04 Å². The minimum atomic E-state index is -0.653. The summed E-state index contributed by atoms with van der Waals surface area (Å²) in [5, 5.41) is 3.39. The number of ether oxygens (including phenoxy) is 1. The van der Waals surface area contributed by atoms with E-state index < -0.39 is 5.54 Å². The van der Waals surface area contributed by atoms with E-state index >= 15 is 0 Å². The molecule has 0 saturated heterocycles. The van der Waals surface area contributed by atoms with Crippen molar-refractivity contribution in [2.24, 2.45) is 0 Å². The molecule has 1 unspecified atom stereocenters. The first-order valence-corrected chi connectivity index (χ1v) is 6.04. The van der Waals surface area contributed by atoms with E-state index in [1.807, 2.05) is 32.0 Å². The van der Waals surface area contributed by atoms with Crippen LogP contribution in [0.5, 0.6) is 0 Å². The van der Waals surface area contributed by atoms with Gasteiger partial charge >= 0.3 is 5.97 Å². The Bertz CT molecular complexity index is 428. The predicted octanol–water partition coefficient (Wildman–Crippen LogP) is 2.00. The van der Waals surface area contributed by atoms with Crippen molar-refractivity contribution >= 4 is 5.97 Å². The molecule has 1 N–H and O–H groups in total. The average Bonchev–Trinajstić information content (AvgIpc) is 2.68. The molecule has 0 fully saturated rings. The van der Waals surface area contributed by atoms with Crippen molar-refractivity contribution in [2.75, 3.05) is 7.11 Å². The molecule has 1 aliphatic carbocycles. The van der Waals surface area contributed by atoms with Crippen LogP contribution in [0.4, 0.5) is 0 Å². The molecular formula is C14H19NO2. The van der Waals surface area contributed by atoms with Gasteiger partial charge in [-0.3, -0.25) is 5.32 Å². The second-order valence-corrected chi connectivity index (χ2v) is 4.85. The number of rotatable bonds is 3. The van der Waals surface area contributed by atoms with Crippen LogP contribution >= 0.6 is 0 Å². The Labute approximate surface area is 102 Å². The first kappa shape index (κ1) is 12.1. The summed E-state index contributed by atoms with van der Waals surface area (Å²) in [6.07, 6.45) is 1.70. The molecule has 0 aliphatic heterocycles. The molecule has 1 aromatic carbocycles. The van der Waals surface area contributed by atoms with Gasteiger partial charge in [-0.1, -0.05) is 24.3 Å². The second kappa shape index (κ2) is 4.49. The van der Waals surface area contributed by atoms with Gasteiger partial charge in [-0.25, -0.2) is 4.79 Å². The quantitative estimate of drug-likeness (QED) is 0.811. The SMILES string of the molecule is COC(=O)C1(NC(C)C)CCc2ccccc21. The van der Waals surface area contributed by atoms with Crippen molar-refractivity contribution in [3.63, 3.8) is 0 Å². The lowest BCUT2D eigenvalue weighted by Crippen LogP contribution is -2.51. The maximum atomic E-state index is 12.1. The highest BCUT2D eigenvalue weighted by atomic mass is 16.5.